The molecular weight excluding hydrogens is 404 g/mol. The molecule has 0 unspecified atom stereocenters. The van der Waals surface area contributed by atoms with Crippen LogP contribution in [0.2, 0.25) is 0 Å². The molecule has 4 rings (SSSR count). The monoisotopic (exact) mass is 442 g/mol. The molecule has 1 fully saturated rings. The number of nitrogens with zero attached hydrogens (tertiary/aromatic N) is 4. The van der Waals surface area contributed by atoms with Gasteiger partial charge < -0.3 is 9.80 Å². The number of aryl methyl sites for hydroxylation is 2. The molecule has 1 aliphatic carbocycles. The molecule has 0 spiro atoms. The highest BCUT2D eigenvalue weighted by Crippen LogP contribution is 2.41. The van der Waals surface area contributed by atoms with E-state index in [9.17, 15) is 4.79 Å². The summed E-state index contributed by atoms with van der Waals surface area (Å²) in [7, 11) is 0. The zero-order valence-corrected chi connectivity index (χ0v) is 20.4. The zero-order valence-electron chi connectivity index (χ0n) is 19.6. The van der Waals surface area contributed by atoms with E-state index < -0.39 is 0 Å². The quantitative estimate of drug-likeness (QED) is 0.515. The number of unbranched alkanes of at least 4 members (excludes halogenated alkanes) is 3. The summed E-state index contributed by atoms with van der Waals surface area (Å²) in [5.74, 6) is 3.22. The van der Waals surface area contributed by atoms with Crippen molar-refractivity contribution in [1.29, 1.82) is 0 Å². The number of piperazine rings is 1. The van der Waals surface area contributed by atoms with Gasteiger partial charge in [-0.3, -0.25) is 4.79 Å². The molecule has 0 aromatic carbocycles. The average molecular weight is 443 g/mol. The third kappa shape index (κ3) is 5.05. The van der Waals surface area contributed by atoms with Gasteiger partial charge in [0.2, 0.25) is 5.91 Å². The van der Waals surface area contributed by atoms with Crippen LogP contribution in [0.1, 0.15) is 82.0 Å². The van der Waals surface area contributed by atoms with Crippen LogP contribution in [0.3, 0.4) is 0 Å². The van der Waals surface area contributed by atoms with Gasteiger partial charge in [-0.1, -0.05) is 40.0 Å². The number of carbonyl (C=O) groups is 1. The lowest BCUT2D eigenvalue weighted by Gasteiger charge is -2.36. The molecule has 2 aromatic rings. The number of rotatable bonds is 8. The number of anilines is 1. The predicted octanol–water partition coefficient (Wildman–Crippen LogP) is 5.39. The van der Waals surface area contributed by atoms with E-state index in [0.717, 1.165) is 88.7 Å². The van der Waals surface area contributed by atoms with E-state index in [0.29, 0.717) is 12.3 Å². The number of aromatic nitrogens is 2. The maximum Gasteiger partial charge on any atom is 0.222 e. The van der Waals surface area contributed by atoms with Crippen LogP contribution in [-0.4, -0.2) is 47.0 Å². The summed E-state index contributed by atoms with van der Waals surface area (Å²) in [6.45, 7) is 10.1. The topological polar surface area (TPSA) is 49.3 Å². The summed E-state index contributed by atoms with van der Waals surface area (Å²) < 4.78 is 0. The van der Waals surface area contributed by atoms with Gasteiger partial charge in [0, 0.05) is 43.9 Å². The Balaban J connectivity index is 1.57. The fraction of sp³-hybridized carbons (Fsp3) is 0.720. The van der Waals surface area contributed by atoms with Gasteiger partial charge in [-0.25, -0.2) is 9.97 Å². The van der Waals surface area contributed by atoms with Gasteiger partial charge in [-0.05, 0) is 43.6 Å². The van der Waals surface area contributed by atoms with Crippen LogP contribution in [-0.2, 0) is 24.1 Å². The van der Waals surface area contributed by atoms with Crippen molar-refractivity contribution in [3.63, 3.8) is 0 Å². The molecular formula is C25H38N4OS. The zero-order chi connectivity index (χ0) is 21.8. The largest absolute Gasteiger partial charge is 0.352 e. The lowest BCUT2D eigenvalue weighted by atomic mass is 9.89. The molecule has 0 radical (unpaired) electrons. The van der Waals surface area contributed by atoms with Crippen LogP contribution in [0.4, 0.5) is 5.82 Å². The number of amides is 1. The van der Waals surface area contributed by atoms with Crippen LogP contribution in [0, 0.1) is 5.92 Å². The van der Waals surface area contributed by atoms with E-state index in [1.165, 1.54) is 33.5 Å². The number of thiophene rings is 1. The molecule has 0 N–H and O–H groups in total. The predicted molar refractivity (Wildman–Crippen MR) is 130 cm³/mol. The van der Waals surface area contributed by atoms with Crippen molar-refractivity contribution in [2.45, 2.75) is 85.0 Å². The van der Waals surface area contributed by atoms with Gasteiger partial charge in [-0.15, -0.1) is 11.3 Å². The van der Waals surface area contributed by atoms with Crippen molar-refractivity contribution in [3.8, 4) is 0 Å². The molecule has 0 bridgehead atoms. The van der Waals surface area contributed by atoms with Gasteiger partial charge in [0.05, 0.1) is 5.39 Å². The second-order valence-electron chi connectivity index (χ2n) is 9.42. The molecule has 170 valence electrons. The second kappa shape index (κ2) is 10.3. The summed E-state index contributed by atoms with van der Waals surface area (Å²) in [4.78, 5) is 29.9. The normalized spacial score (nSPS) is 19.1. The number of fused-ring (bicyclic) bond motifs is 3. The van der Waals surface area contributed by atoms with E-state index in [1.807, 2.05) is 11.3 Å². The molecule has 0 saturated carbocycles. The van der Waals surface area contributed by atoms with Crippen molar-refractivity contribution in [3.05, 3.63) is 16.3 Å². The Kier molecular flexibility index (Phi) is 7.47. The number of hydrogen-bond donors (Lipinski definition) is 0. The molecule has 6 heteroatoms. The van der Waals surface area contributed by atoms with Crippen LogP contribution in [0.15, 0.2) is 0 Å². The van der Waals surface area contributed by atoms with Gasteiger partial charge in [0.15, 0.2) is 0 Å². The van der Waals surface area contributed by atoms with E-state index in [4.69, 9.17) is 9.97 Å². The molecule has 1 saturated heterocycles. The molecule has 1 amide bonds. The van der Waals surface area contributed by atoms with Crippen molar-refractivity contribution < 1.29 is 4.79 Å². The Labute approximate surface area is 191 Å². The van der Waals surface area contributed by atoms with E-state index >= 15 is 0 Å². The van der Waals surface area contributed by atoms with Crippen LogP contribution in [0.25, 0.3) is 10.2 Å². The molecule has 2 aliphatic rings. The van der Waals surface area contributed by atoms with E-state index in [2.05, 4.69) is 30.6 Å². The molecule has 2 aromatic heterocycles. The third-order valence-electron chi connectivity index (χ3n) is 6.86. The maximum absolute atomic E-state index is 12.6. The molecule has 1 atom stereocenters. The van der Waals surface area contributed by atoms with Gasteiger partial charge in [0.1, 0.15) is 16.5 Å². The summed E-state index contributed by atoms with van der Waals surface area (Å²) in [5, 5.41) is 1.31. The smallest absolute Gasteiger partial charge is 0.222 e. The van der Waals surface area contributed by atoms with Gasteiger partial charge in [-0.2, -0.15) is 0 Å². The molecule has 31 heavy (non-hydrogen) atoms. The maximum atomic E-state index is 12.6. The molecule has 5 nitrogen and oxygen atoms in total. The third-order valence-corrected chi connectivity index (χ3v) is 8.01. The van der Waals surface area contributed by atoms with Crippen molar-refractivity contribution >= 4 is 33.3 Å². The van der Waals surface area contributed by atoms with Crippen LogP contribution >= 0.6 is 11.3 Å². The summed E-state index contributed by atoms with van der Waals surface area (Å²) in [6.07, 6.45) is 10.9. The minimum Gasteiger partial charge on any atom is -0.352 e. The minimum absolute atomic E-state index is 0.325. The SMILES string of the molecule is CCCCCC(=O)N1CCN(c2nc(CCCC)nc3sc4c(c23)CC[C@@H](C)C4)CC1. The Morgan fingerprint density at radius 2 is 1.84 bits per heavy atom. The standard InChI is InChI=1S/C25H38N4OS/c1-4-6-8-10-22(30)28-13-15-29(16-14-28)24-23-19-12-11-18(3)17-20(19)31-25(23)27-21(26-24)9-7-5-2/h18H,4-17H2,1-3H3/t18-/m1/s1. The van der Waals surface area contributed by atoms with E-state index in [-0.39, 0.29) is 0 Å². The summed E-state index contributed by atoms with van der Waals surface area (Å²) in [5.41, 5.74) is 1.51. The Hall–Kier alpha value is -1.69. The highest BCUT2D eigenvalue weighted by molar-refractivity contribution is 7.19. The highest BCUT2D eigenvalue weighted by Gasteiger charge is 2.28. The van der Waals surface area contributed by atoms with Crippen molar-refractivity contribution in [2.24, 2.45) is 5.92 Å². The van der Waals surface area contributed by atoms with Crippen LogP contribution in [0.5, 0.6) is 0 Å². The van der Waals surface area contributed by atoms with Crippen molar-refractivity contribution in [1.82, 2.24) is 14.9 Å². The Morgan fingerprint density at radius 3 is 2.58 bits per heavy atom. The minimum atomic E-state index is 0.325. The lowest BCUT2D eigenvalue weighted by Crippen LogP contribution is -2.49. The fourth-order valence-corrected chi connectivity index (χ4v) is 6.29. The summed E-state index contributed by atoms with van der Waals surface area (Å²) >= 11 is 1.90. The Bertz CT molecular complexity index is 901. The average Bonchev–Trinajstić information content (AvgIpc) is 3.14. The fourth-order valence-electron chi connectivity index (χ4n) is 4.89. The summed E-state index contributed by atoms with van der Waals surface area (Å²) in [6, 6.07) is 0. The van der Waals surface area contributed by atoms with Gasteiger partial charge >= 0.3 is 0 Å². The molecule has 1 aliphatic heterocycles. The van der Waals surface area contributed by atoms with Crippen LogP contribution < -0.4 is 4.90 Å². The molecule has 3 heterocycles. The first-order valence-corrected chi connectivity index (χ1v) is 13.3. The first kappa shape index (κ1) is 22.5. The highest BCUT2D eigenvalue weighted by atomic mass is 32.1. The first-order chi connectivity index (χ1) is 15.1. The van der Waals surface area contributed by atoms with Crippen molar-refractivity contribution in [2.75, 3.05) is 31.1 Å². The second-order valence-corrected chi connectivity index (χ2v) is 10.5. The lowest BCUT2D eigenvalue weighted by molar-refractivity contribution is -0.131. The number of carbonyl (C=O) groups excluding carboxylic acids is 1. The Morgan fingerprint density at radius 1 is 1.06 bits per heavy atom. The van der Waals surface area contributed by atoms with Gasteiger partial charge in [0.25, 0.3) is 0 Å². The first-order valence-electron chi connectivity index (χ1n) is 12.4. The number of hydrogen-bond acceptors (Lipinski definition) is 5. The van der Waals surface area contributed by atoms with E-state index in [1.54, 1.807) is 0 Å².